The molecule has 5 heteroatoms. The first-order valence-corrected chi connectivity index (χ1v) is 8.75. The number of furan rings is 1. The SMILES string of the molecule is CC(C)(C)c1ccc2occ(CC(=O)Nc3ccc(Cl)cc3Cl)c2c1. The minimum atomic E-state index is -0.159. The van der Waals surface area contributed by atoms with Crippen LogP contribution in [0.3, 0.4) is 0 Å². The topological polar surface area (TPSA) is 42.2 Å². The fourth-order valence-electron chi connectivity index (χ4n) is 2.64. The molecule has 0 radical (unpaired) electrons. The quantitative estimate of drug-likeness (QED) is 0.590. The van der Waals surface area contributed by atoms with E-state index in [-0.39, 0.29) is 17.7 Å². The Morgan fingerprint density at radius 1 is 1.12 bits per heavy atom. The van der Waals surface area contributed by atoms with E-state index >= 15 is 0 Å². The van der Waals surface area contributed by atoms with Crippen LogP contribution in [-0.4, -0.2) is 5.91 Å². The summed E-state index contributed by atoms with van der Waals surface area (Å²) < 4.78 is 5.58. The van der Waals surface area contributed by atoms with Gasteiger partial charge in [0.15, 0.2) is 0 Å². The number of hydrogen-bond acceptors (Lipinski definition) is 2. The van der Waals surface area contributed by atoms with Crippen LogP contribution in [0.5, 0.6) is 0 Å². The molecule has 0 atom stereocenters. The second-order valence-electron chi connectivity index (χ2n) is 7.07. The van der Waals surface area contributed by atoms with Crippen LogP contribution in [-0.2, 0) is 16.6 Å². The zero-order valence-electron chi connectivity index (χ0n) is 14.3. The van der Waals surface area contributed by atoms with Crippen LogP contribution in [0, 0.1) is 0 Å². The van der Waals surface area contributed by atoms with Crippen molar-refractivity contribution in [2.75, 3.05) is 5.32 Å². The number of nitrogens with one attached hydrogen (secondary N) is 1. The van der Waals surface area contributed by atoms with E-state index in [1.165, 1.54) is 5.56 Å². The minimum absolute atomic E-state index is 0.0296. The van der Waals surface area contributed by atoms with Gasteiger partial charge in [0.1, 0.15) is 5.58 Å². The van der Waals surface area contributed by atoms with Gasteiger partial charge in [0.25, 0.3) is 0 Å². The van der Waals surface area contributed by atoms with Gasteiger partial charge in [-0.1, -0.05) is 50.0 Å². The predicted molar refractivity (Wildman–Crippen MR) is 104 cm³/mol. The van der Waals surface area contributed by atoms with Crippen LogP contribution in [0.2, 0.25) is 10.0 Å². The number of halogens is 2. The first kappa shape index (κ1) is 17.8. The Morgan fingerprint density at radius 3 is 2.56 bits per heavy atom. The summed E-state index contributed by atoms with van der Waals surface area (Å²) in [4.78, 5) is 12.4. The maximum atomic E-state index is 12.4. The molecule has 3 aromatic rings. The van der Waals surface area contributed by atoms with Crippen molar-refractivity contribution < 1.29 is 9.21 Å². The summed E-state index contributed by atoms with van der Waals surface area (Å²) in [7, 11) is 0. The summed E-state index contributed by atoms with van der Waals surface area (Å²) in [6.07, 6.45) is 1.85. The van der Waals surface area contributed by atoms with Crippen LogP contribution < -0.4 is 5.32 Å². The molecule has 0 saturated heterocycles. The summed E-state index contributed by atoms with van der Waals surface area (Å²) in [5.74, 6) is -0.159. The number of hydrogen-bond donors (Lipinski definition) is 1. The lowest BCUT2D eigenvalue weighted by molar-refractivity contribution is -0.115. The highest BCUT2D eigenvalue weighted by atomic mass is 35.5. The van der Waals surface area contributed by atoms with E-state index in [4.69, 9.17) is 27.6 Å². The van der Waals surface area contributed by atoms with Gasteiger partial charge >= 0.3 is 0 Å². The van der Waals surface area contributed by atoms with Crippen molar-refractivity contribution in [1.82, 2.24) is 0 Å². The van der Waals surface area contributed by atoms with Gasteiger partial charge in [-0.05, 0) is 41.3 Å². The lowest BCUT2D eigenvalue weighted by Crippen LogP contribution is -2.14. The number of carbonyl (C=O) groups is 1. The highest BCUT2D eigenvalue weighted by Crippen LogP contribution is 2.30. The van der Waals surface area contributed by atoms with Crippen LogP contribution in [0.15, 0.2) is 47.1 Å². The molecule has 0 aliphatic rings. The van der Waals surface area contributed by atoms with E-state index in [9.17, 15) is 4.79 Å². The van der Waals surface area contributed by atoms with Gasteiger partial charge in [-0.3, -0.25) is 4.79 Å². The molecule has 0 unspecified atom stereocenters. The van der Waals surface area contributed by atoms with E-state index in [0.717, 1.165) is 16.5 Å². The lowest BCUT2D eigenvalue weighted by Gasteiger charge is -2.18. The molecular weight excluding hydrogens is 357 g/mol. The Morgan fingerprint density at radius 2 is 1.88 bits per heavy atom. The maximum Gasteiger partial charge on any atom is 0.228 e. The molecule has 0 aliphatic heterocycles. The van der Waals surface area contributed by atoms with E-state index in [2.05, 4.69) is 38.2 Å². The number of fused-ring (bicyclic) bond motifs is 1. The van der Waals surface area contributed by atoms with Gasteiger partial charge in [0, 0.05) is 16.0 Å². The van der Waals surface area contributed by atoms with Crippen LogP contribution >= 0.6 is 23.2 Å². The van der Waals surface area contributed by atoms with Gasteiger partial charge in [-0.25, -0.2) is 0 Å². The van der Waals surface area contributed by atoms with E-state index < -0.39 is 0 Å². The normalized spacial score (nSPS) is 11.7. The molecule has 25 heavy (non-hydrogen) atoms. The number of rotatable bonds is 3. The zero-order chi connectivity index (χ0) is 18.2. The van der Waals surface area contributed by atoms with Crippen molar-refractivity contribution in [3.05, 3.63) is 63.8 Å². The van der Waals surface area contributed by atoms with Crippen molar-refractivity contribution in [3.63, 3.8) is 0 Å². The fourth-order valence-corrected chi connectivity index (χ4v) is 3.10. The molecule has 0 bridgehead atoms. The largest absolute Gasteiger partial charge is 0.464 e. The minimum Gasteiger partial charge on any atom is -0.464 e. The van der Waals surface area contributed by atoms with Crippen molar-refractivity contribution >= 4 is 45.8 Å². The fraction of sp³-hybridized carbons (Fsp3) is 0.250. The Hall–Kier alpha value is -1.97. The van der Waals surface area contributed by atoms with E-state index in [1.54, 1.807) is 24.5 Å². The third kappa shape index (κ3) is 4.00. The van der Waals surface area contributed by atoms with Crippen molar-refractivity contribution in [3.8, 4) is 0 Å². The summed E-state index contributed by atoms with van der Waals surface area (Å²) in [6, 6.07) is 11.1. The number of benzene rings is 2. The highest BCUT2D eigenvalue weighted by molar-refractivity contribution is 6.36. The second-order valence-corrected chi connectivity index (χ2v) is 7.91. The predicted octanol–water partition coefficient (Wildman–Crippen LogP) is 6.22. The standard InChI is InChI=1S/C20H19Cl2NO2/c1-20(2,3)13-4-7-18-15(9-13)12(11-25-18)8-19(24)23-17-6-5-14(21)10-16(17)22/h4-7,9-11H,8H2,1-3H3,(H,23,24). The molecule has 0 fully saturated rings. The molecule has 1 N–H and O–H groups in total. The van der Waals surface area contributed by atoms with Gasteiger partial charge in [-0.15, -0.1) is 0 Å². The summed E-state index contributed by atoms with van der Waals surface area (Å²) in [5, 5.41) is 4.71. The van der Waals surface area contributed by atoms with Gasteiger partial charge in [-0.2, -0.15) is 0 Å². The number of anilines is 1. The first-order valence-electron chi connectivity index (χ1n) is 7.99. The van der Waals surface area contributed by atoms with Gasteiger partial charge in [0.2, 0.25) is 5.91 Å². The zero-order valence-corrected chi connectivity index (χ0v) is 15.8. The van der Waals surface area contributed by atoms with Crippen LogP contribution in [0.25, 0.3) is 11.0 Å². The molecule has 0 spiro atoms. The molecule has 0 saturated carbocycles. The van der Waals surface area contributed by atoms with Gasteiger partial charge in [0.05, 0.1) is 23.4 Å². The monoisotopic (exact) mass is 375 g/mol. The van der Waals surface area contributed by atoms with Crippen molar-refractivity contribution in [2.45, 2.75) is 32.6 Å². The molecule has 1 aromatic heterocycles. The molecule has 1 amide bonds. The molecule has 0 aliphatic carbocycles. The molecule has 2 aromatic carbocycles. The molecule has 3 nitrogen and oxygen atoms in total. The number of amides is 1. The molecule has 3 rings (SSSR count). The van der Waals surface area contributed by atoms with Crippen LogP contribution in [0.4, 0.5) is 5.69 Å². The molecular formula is C20H19Cl2NO2. The van der Waals surface area contributed by atoms with Crippen molar-refractivity contribution in [1.29, 1.82) is 0 Å². The van der Waals surface area contributed by atoms with Crippen molar-refractivity contribution in [2.24, 2.45) is 0 Å². The Labute approximate surface area is 156 Å². The first-order chi connectivity index (χ1) is 11.7. The Kier molecular flexibility index (Phi) is 4.81. The second kappa shape index (κ2) is 6.74. The summed E-state index contributed by atoms with van der Waals surface area (Å²) in [5.41, 5.74) is 3.40. The lowest BCUT2D eigenvalue weighted by atomic mass is 9.86. The average molecular weight is 376 g/mol. The third-order valence-corrected chi connectivity index (χ3v) is 4.62. The smallest absolute Gasteiger partial charge is 0.228 e. The maximum absolute atomic E-state index is 12.4. The third-order valence-electron chi connectivity index (χ3n) is 4.08. The van der Waals surface area contributed by atoms with Crippen LogP contribution in [0.1, 0.15) is 31.9 Å². The Balaban J connectivity index is 1.83. The Bertz CT molecular complexity index is 939. The summed E-state index contributed by atoms with van der Waals surface area (Å²) >= 11 is 12.0. The van der Waals surface area contributed by atoms with Gasteiger partial charge < -0.3 is 9.73 Å². The van der Waals surface area contributed by atoms with E-state index in [1.807, 2.05) is 6.07 Å². The highest BCUT2D eigenvalue weighted by Gasteiger charge is 2.17. The average Bonchev–Trinajstić information content (AvgIpc) is 2.91. The molecule has 130 valence electrons. The number of carbonyl (C=O) groups excluding carboxylic acids is 1. The summed E-state index contributed by atoms with van der Waals surface area (Å²) in [6.45, 7) is 6.47. The molecule has 1 heterocycles. The van der Waals surface area contributed by atoms with E-state index in [0.29, 0.717) is 15.7 Å².